The highest BCUT2D eigenvalue weighted by Crippen LogP contribution is 2.19. The van der Waals surface area contributed by atoms with Crippen molar-refractivity contribution in [2.45, 2.75) is 20.4 Å². The molecule has 3 heteroatoms. The number of aromatic nitrogens is 1. The molecule has 0 atom stereocenters. The van der Waals surface area contributed by atoms with Crippen molar-refractivity contribution in [2.75, 3.05) is 0 Å². The zero-order chi connectivity index (χ0) is 8.72. The van der Waals surface area contributed by atoms with Crippen LogP contribution in [0.15, 0.2) is 6.20 Å². The van der Waals surface area contributed by atoms with Crippen LogP contribution in [0, 0.1) is 13.8 Å². The van der Waals surface area contributed by atoms with Gasteiger partial charge in [-0.25, -0.2) is 0 Å². The van der Waals surface area contributed by atoms with E-state index < -0.39 is 0 Å². The molecule has 1 amide bonds. The SMILES string of the molecule is Cc1cnc2c(c1C)C(=O)NC2. The fraction of sp³-hybridized carbons (Fsp3) is 0.333. The molecule has 3 nitrogen and oxygen atoms in total. The van der Waals surface area contributed by atoms with Gasteiger partial charge >= 0.3 is 0 Å². The van der Waals surface area contributed by atoms with Crippen LogP contribution in [0.4, 0.5) is 0 Å². The van der Waals surface area contributed by atoms with E-state index in [-0.39, 0.29) is 5.91 Å². The number of rotatable bonds is 0. The van der Waals surface area contributed by atoms with Crippen LogP contribution in [0.5, 0.6) is 0 Å². The van der Waals surface area contributed by atoms with Crippen molar-refractivity contribution in [1.29, 1.82) is 0 Å². The highest BCUT2D eigenvalue weighted by atomic mass is 16.1. The standard InChI is InChI=1S/C9H10N2O/c1-5-3-10-7-4-11-9(12)8(7)6(5)2/h3H,4H2,1-2H3,(H,11,12). The summed E-state index contributed by atoms with van der Waals surface area (Å²) < 4.78 is 0. The Morgan fingerprint density at radius 3 is 3.00 bits per heavy atom. The topological polar surface area (TPSA) is 42.0 Å². The van der Waals surface area contributed by atoms with Crippen molar-refractivity contribution < 1.29 is 4.79 Å². The molecule has 1 aromatic rings. The number of pyridine rings is 1. The van der Waals surface area contributed by atoms with E-state index in [2.05, 4.69) is 10.3 Å². The third-order valence-electron chi connectivity index (χ3n) is 2.31. The second-order valence-corrected chi connectivity index (χ2v) is 3.07. The number of carbonyl (C=O) groups excluding carboxylic acids is 1. The smallest absolute Gasteiger partial charge is 0.253 e. The maximum absolute atomic E-state index is 11.3. The predicted octanol–water partition coefficient (Wildman–Crippen LogP) is 0.942. The van der Waals surface area contributed by atoms with Crippen LogP contribution in [0.2, 0.25) is 0 Å². The predicted molar refractivity (Wildman–Crippen MR) is 44.9 cm³/mol. The summed E-state index contributed by atoms with van der Waals surface area (Å²) >= 11 is 0. The van der Waals surface area contributed by atoms with Crippen molar-refractivity contribution in [1.82, 2.24) is 10.3 Å². The van der Waals surface area contributed by atoms with Crippen molar-refractivity contribution in [2.24, 2.45) is 0 Å². The first-order valence-corrected chi connectivity index (χ1v) is 3.93. The molecule has 0 aromatic carbocycles. The van der Waals surface area contributed by atoms with Gasteiger partial charge in [-0.1, -0.05) is 0 Å². The van der Waals surface area contributed by atoms with Gasteiger partial charge in [-0.3, -0.25) is 9.78 Å². The number of carbonyl (C=O) groups is 1. The van der Waals surface area contributed by atoms with Gasteiger partial charge in [0.2, 0.25) is 0 Å². The minimum atomic E-state index is 0.0127. The zero-order valence-corrected chi connectivity index (χ0v) is 7.14. The maximum atomic E-state index is 11.3. The Bertz CT molecular complexity index is 358. The Hall–Kier alpha value is -1.38. The van der Waals surface area contributed by atoms with E-state index in [4.69, 9.17) is 0 Å². The molecule has 1 aliphatic rings. The molecule has 12 heavy (non-hydrogen) atoms. The molecule has 0 saturated carbocycles. The summed E-state index contributed by atoms with van der Waals surface area (Å²) in [6.07, 6.45) is 1.81. The summed E-state index contributed by atoms with van der Waals surface area (Å²) in [4.78, 5) is 15.5. The summed E-state index contributed by atoms with van der Waals surface area (Å²) in [5.74, 6) is 0.0127. The highest BCUT2D eigenvalue weighted by Gasteiger charge is 2.22. The van der Waals surface area contributed by atoms with E-state index in [1.807, 2.05) is 20.0 Å². The number of aryl methyl sites for hydroxylation is 1. The third kappa shape index (κ3) is 0.826. The van der Waals surface area contributed by atoms with Gasteiger partial charge in [-0.15, -0.1) is 0 Å². The second kappa shape index (κ2) is 2.30. The minimum Gasteiger partial charge on any atom is -0.346 e. The van der Waals surface area contributed by atoms with Gasteiger partial charge in [-0.2, -0.15) is 0 Å². The van der Waals surface area contributed by atoms with Crippen LogP contribution < -0.4 is 5.32 Å². The van der Waals surface area contributed by atoms with E-state index in [0.29, 0.717) is 6.54 Å². The zero-order valence-electron chi connectivity index (χ0n) is 7.14. The molecular formula is C9H10N2O. The lowest BCUT2D eigenvalue weighted by molar-refractivity contribution is 0.0965. The van der Waals surface area contributed by atoms with Crippen molar-refractivity contribution >= 4 is 5.91 Å². The van der Waals surface area contributed by atoms with Crippen molar-refractivity contribution in [3.8, 4) is 0 Å². The Morgan fingerprint density at radius 2 is 2.25 bits per heavy atom. The fourth-order valence-corrected chi connectivity index (χ4v) is 1.44. The summed E-state index contributed by atoms with van der Waals surface area (Å²) in [5, 5.41) is 2.75. The number of nitrogens with one attached hydrogen (secondary N) is 1. The molecule has 62 valence electrons. The average Bonchev–Trinajstić information content (AvgIpc) is 2.41. The van der Waals surface area contributed by atoms with Crippen molar-refractivity contribution in [3.63, 3.8) is 0 Å². The quantitative estimate of drug-likeness (QED) is 0.617. The first kappa shape index (κ1) is 7.28. The molecule has 0 saturated heterocycles. The Balaban J connectivity index is 2.71. The van der Waals surface area contributed by atoms with Gasteiger partial charge in [0.15, 0.2) is 0 Å². The largest absolute Gasteiger partial charge is 0.346 e. The van der Waals surface area contributed by atoms with Gasteiger partial charge < -0.3 is 5.32 Å². The molecule has 1 N–H and O–H groups in total. The van der Waals surface area contributed by atoms with E-state index in [9.17, 15) is 4.79 Å². The van der Waals surface area contributed by atoms with E-state index in [1.165, 1.54) is 0 Å². The van der Waals surface area contributed by atoms with Gasteiger partial charge in [0.25, 0.3) is 5.91 Å². The number of amides is 1. The molecule has 0 fully saturated rings. The van der Waals surface area contributed by atoms with E-state index in [1.54, 1.807) is 0 Å². The van der Waals surface area contributed by atoms with Crippen LogP contribution in [0.3, 0.4) is 0 Å². The highest BCUT2D eigenvalue weighted by molar-refractivity contribution is 5.99. The molecular weight excluding hydrogens is 152 g/mol. The Labute approximate surface area is 70.8 Å². The van der Waals surface area contributed by atoms with Crippen LogP contribution in [0.1, 0.15) is 27.2 Å². The molecule has 0 radical (unpaired) electrons. The van der Waals surface area contributed by atoms with Crippen molar-refractivity contribution in [3.05, 3.63) is 28.6 Å². The molecule has 0 spiro atoms. The van der Waals surface area contributed by atoms with Crippen LogP contribution >= 0.6 is 0 Å². The monoisotopic (exact) mass is 162 g/mol. The lowest BCUT2D eigenvalue weighted by atomic mass is 10.1. The van der Waals surface area contributed by atoms with Crippen LogP contribution in [-0.2, 0) is 6.54 Å². The number of nitrogens with zero attached hydrogens (tertiary/aromatic N) is 1. The normalized spacial score (nSPS) is 14.3. The minimum absolute atomic E-state index is 0.0127. The molecule has 0 bridgehead atoms. The summed E-state index contributed by atoms with van der Waals surface area (Å²) in [6, 6.07) is 0. The first-order chi connectivity index (χ1) is 5.70. The molecule has 0 unspecified atom stereocenters. The average molecular weight is 162 g/mol. The molecule has 2 heterocycles. The summed E-state index contributed by atoms with van der Waals surface area (Å²) in [5.41, 5.74) is 3.78. The number of hydrogen-bond acceptors (Lipinski definition) is 2. The molecule has 1 aromatic heterocycles. The molecule has 1 aliphatic heterocycles. The van der Waals surface area contributed by atoms with Crippen LogP contribution in [0.25, 0.3) is 0 Å². The van der Waals surface area contributed by atoms with Gasteiger partial charge in [0, 0.05) is 6.20 Å². The third-order valence-corrected chi connectivity index (χ3v) is 2.31. The number of fused-ring (bicyclic) bond motifs is 1. The lowest BCUT2D eigenvalue weighted by Gasteiger charge is -2.02. The fourth-order valence-electron chi connectivity index (χ4n) is 1.44. The van der Waals surface area contributed by atoms with Gasteiger partial charge in [-0.05, 0) is 25.0 Å². The Morgan fingerprint density at radius 1 is 1.50 bits per heavy atom. The second-order valence-electron chi connectivity index (χ2n) is 3.07. The molecule has 2 rings (SSSR count). The summed E-state index contributed by atoms with van der Waals surface area (Å²) in [7, 11) is 0. The molecule has 0 aliphatic carbocycles. The number of hydrogen-bond donors (Lipinski definition) is 1. The van der Waals surface area contributed by atoms with E-state index >= 15 is 0 Å². The lowest BCUT2D eigenvalue weighted by Crippen LogP contribution is -2.13. The van der Waals surface area contributed by atoms with Crippen LogP contribution in [-0.4, -0.2) is 10.9 Å². The van der Waals surface area contributed by atoms with Gasteiger partial charge in [0.1, 0.15) is 0 Å². The first-order valence-electron chi connectivity index (χ1n) is 3.93. The van der Waals surface area contributed by atoms with E-state index in [0.717, 1.165) is 22.4 Å². The summed E-state index contributed by atoms with van der Waals surface area (Å²) in [6.45, 7) is 4.50. The van der Waals surface area contributed by atoms with Gasteiger partial charge in [0.05, 0.1) is 17.8 Å². The maximum Gasteiger partial charge on any atom is 0.253 e. The Kier molecular flexibility index (Phi) is 1.40.